The Kier molecular flexibility index (Phi) is 8.89. The van der Waals surface area contributed by atoms with Gasteiger partial charge in [-0.05, 0) is 38.5 Å². The normalized spacial score (nSPS) is 17.3. The van der Waals surface area contributed by atoms with Crippen molar-refractivity contribution in [3.8, 4) is 0 Å². The number of guanidine groups is 1. The van der Waals surface area contributed by atoms with Gasteiger partial charge in [0.05, 0.1) is 0 Å². The van der Waals surface area contributed by atoms with E-state index in [1.807, 2.05) is 13.8 Å². The summed E-state index contributed by atoms with van der Waals surface area (Å²) in [5.41, 5.74) is 0.303. The van der Waals surface area contributed by atoms with E-state index in [1.165, 1.54) is 25.7 Å². The van der Waals surface area contributed by atoms with Crippen LogP contribution in [0.3, 0.4) is 0 Å². The fourth-order valence-corrected chi connectivity index (χ4v) is 2.98. The second-order valence-electron chi connectivity index (χ2n) is 5.95. The molecule has 3 N–H and O–H groups in total. The lowest BCUT2D eigenvalue weighted by Gasteiger charge is -2.29. The van der Waals surface area contributed by atoms with E-state index >= 15 is 0 Å². The van der Waals surface area contributed by atoms with Crippen LogP contribution in [0, 0.1) is 5.41 Å². The largest absolute Gasteiger partial charge is 0.385 e. The van der Waals surface area contributed by atoms with Crippen molar-refractivity contribution >= 4 is 11.9 Å². The molecule has 6 nitrogen and oxygen atoms in total. The van der Waals surface area contributed by atoms with Crippen LogP contribution in [-0.2, 0) is 9.53 Å². The van der Waals surface area contributed by atoms with Crippen LogP contribution in [0.25, 0.3) is 0 Å². The summed E-state index contributed by atoms with van der Waals surface area (Å²) in [6, 6.07) is 0. The highest BCUT2D eigenvalue weighted by Crippen LogP contribution is 2.40. The molecular formula is C16H32N4O2. The Morgan fingerprint density at radius 3 is 2.41 bits per heavy atom. The van der Waals surface area contributed by atoms with E-state index in [-0.39, 0.29) is 12.5 Å². The molecule has 0 bridgehead atoms. The Bertz CT molecular complexity index is 352. The number of carbonyl (C=O) groups is 1. The van der Waals surface area contributed by atoms with Crippen LogP contribution < -0.4 is 16.0 Å². The minimum Gasteiger partial charge on any atom is -0.385 e. The van der Waals surface area contributed by atoms with Crippen molar-refractivity contribution in [3.05, 3.63) is 0 Å². The molecule has 1 fully saturated rings. The van der Waals surface area contributed by atoms with Crippen molar-refractivity contribution in [2.75, 3.05) is 39.9 Å². The molecule has 0 aromatic heterocycles. The smallest absolute Gasteiger partial charge is 0.241 e. The highest BCUT2D eigenvalue weighted by Gasteiger charge is 2.33. The van der Waals surface area contributed by atoms with Gasteiger partial charge in [0.25, 0.3) is 0 Å². The lowest BCUT2D eigenvalue weighted by atomic mass is 9.83. The second kappa shape index (κ2) is 10.4. The summed E-state index contributed by atoms with van der Waals surface area (Å²) in [6.07, 6.45) is 6.13. The average Bonchev–Trinajstić information content (AvgIpc) is 2.98. The van der Waals surface area contributed by atoms with E-state index in [4.69, 9.17) is 4.74 Å². The number of amides is 1. The molecule has 0 unspecified atom stereocenters. The lowest BCUT2D eigenvalue weighted by Crippen LogP contribution is -2.44. The maximum absolute atomic E-state index is 11.5. The van der Waals surface area contributed by atoms with Crippen LogP contribution >= 0.6 is 0 Å². The summed E-state index contributed by atoms with van der Waals surface area (Å²) in [5.74, 6) is 0.673. The molecule has 22 heavy (non-hydrogen) atoms. The van der Waals surface area contributed by atoms with Crippen molar-refractivity contribution in [3.63, 3.8) is 0 Å². The summed E-state index contributed by atoms with van der Waals surface area (Å²) in [7, 11) is 1.76. The van der Waals surface area contributed by atoms with E-state index in [0.717, 1.165) is 32.1 Å². The molecule has 0 heterocycles. The van der Waals surface area contributed by atoms with Gasteiger partial charge >= 0.3 is 0 Å². The van der Waals surface area contributed by atoms with Crippen molar-refractivity contribution < 1.29 is 9.53 Å². The first kappa shape index (κ1) is 18.7. The average molecular weight is 312 g/mol. The zero-order chi connectivity index (χ0) is 16.3. The first-order valence-corrected chi connectivity index (χ1v) is 8.43. The molecule has 0 spiro atoms. The molecule has 0 aliphatic heterocycles. The molecule has 1 amide bonds. The number of nitrogens with zero attached hydrogens (tertiary/aromatic N) is 1. The number of aliphatic imine (C=N–C) groups is 1. The fourth-order valence-electron chi connectivity index (χ4n) is 2.98. The SMILES string of the molecule is CCNC(=O)CN=C(NCC)NCC1(CCOC)CCCC1. The number of hydrogen-bond donors (Lipinski definition) is 3. The molecule has 1 rings (SSSR count). The minimum atomic E-state index is -0.0466. The standard InChI is InChI=1S/C16H32N4O2/c1-4-17-14(21)12-19-15(18-5-2)20-13-16(10-11-22-3)8-6-7-9-16/h4-13H2,1-3H3,(H,17,21)(H2,18,19,20). The number of hydrogen-bond acceptors (Lipinski definition) is 3. The third-order valence-electron chi connectivity index (χ3n) is 4.23. The molecular weight excluding hydrogens is 280 g/mol. The van der Waals surface area contributed by atoms with Gasteiger partial charge in [-0.25, -0.2) is 4.99 Å². The summed E-state index contributed by atoms with van der Waals surface area (Å²) in [4.78, 5) is 15.9. The second-order valence-corrected chi connectivity index (χ2v) is 5.95. The first-order valence-electron chi connectivity index (χ1n) is 8.43. The van der Waals surface area contributed by atoms with Crippen molar-refractivity contribution in [2.24, 2.45) is 10.4 Å². The van der Waals surface area contributed by atoms with Crippen molar-refractivity contribution in [2.45, 2.75) is 46.0 Å². The van der Waals surface area contributed by atoms with Crippen LogP contribution in [0.2, 0.25) is 0 Å². The van der Waals surface area contributed by atoms with Gasteiger partial charge in [0.1, 0.15) is 6.54 Å². The maximum atomic E-state index is 11.5. The van der Waals surface area contributed by atoms with Gasteiger partial charge in [-0.1, -0.05) is 12.8 Å². The van der Waals surface area contributed by atoms with Crippen LogP contribution in [-0.4, -0.2) is 51.8 Å². The Morgan fingerprint density at radius 2 is 1.82 bits per heavy atom. The van der Waals surface area contributed by atoms with Crippen LogP contribution in [0.4, 0.5) is 0 Å². The summed E-state index contributed by atoms with van der Waals surface area (Å²) in [5, 5.41) is 9.38. The van der Waals surface area contributed by atoms with E-state index in [2.05, 4.69) is 20.9 Å². The topological polar surface area (TPSA) is 74.8 Å². The third-order valence-corrected chi connectivity index (χ3v) is 4.23. The molecule has 6 heteroatoms. The zero-order valence-electron chi connectivity index (χ0n) is 14.3. The monoisotopic (exact) mass is 312 g/mol. The quantitative estimate of drug-likeness (QED) is 0.443. The Labute approximate surface area is 134 Å². The molecule has 128 valence electrons. The predicted molar refractivity (Wildman–Crippen MR) is 90.1 cm³/mol. The van der Waals surface area contributed by atoms with E-state index in [0.29, 0.717) is 12.0 Å². The molecule has 0 radical (unpaired) electrons. The maximum Gasteiger partial charge on any atom is 0.241 e. The number of rotatable bonds is 9. The lowest BCUT2D eigenvalue weighted by molar-refractivity contribution is -0.119. The highest BCUT2D eigenvalue weighted by molar-refractivity contribution is 5.84. The van der Waals surface area contributed by atoms with Gasteiger partial charge in [0.2, 0.25) is 5.91 Å². The van der Waals surface area contributed by atoms with Crippen LogP contribution in [0.15, 0.2) is 4.99 Å². The molecule has 0 aromatic rings. The third kappa shape index (κ3) is 6.64. The first-order chi connectivity index (χ1) is 10.7. The van der Waals surface area contributed by atoms with Gasteiger partial charge in [-0.2, -0.15) is 0 Å². The minimum absolute atomic E-state index is 0.0466. The van der Waals surface area contributed by atoms with Crippen molar-refractivity contribution in [1.29, 1.82) is 0 Å². The van der Waals surface area contributed by atoms with E-state index in [9.17, 15) is 4.79 Å². The van der Waals surface area contributed by atoms with Crippen LogP contribution in [0.1, 0.15) is 46.0 Å². The highest BCUT2D eigenvalue weighted by atomic mass is 16.5. The van der Waals surface area contributed by atoms with Crippen molar-refractivity contribution in [1.82, 2.24) is 16.0 Å². The van der Waals surface area contributed by atoms with Gasteiger partial charge in [-0.15, -0.1) is 0 Å². The summed E-state index contributed by atoms with van der Waals surface area (Å²) >= 11 is 0. The zero-order valence-corrected chi connectivity index (χ0v) is 14.3. The summed E-state index contributed by atoms with van der Waals surface area (Å²) in [6.45, 7) is 7.20. The molecule has 0 saturated heterocycles. The Hall–Kier alpha value is -1.30. The summed E-state index contributed by atoms with van der Waals surface area (Å²) < 4.78 is 5.26. The molecule has 0 atom stereocenters. The van der Waals surface area contributed by atoms with Gasteiger partial charge < -0.3 is 20.7 Å². The van der Waals surface area contributed by atoms with E-state index in [1.54, 1.807) is 7.11 Å². The molecule has 0 aromatic carbocycles. The molecule has 1 aliphatic rings. The number of methoxy groups -OCH3 is 1. The van der Waals surface area contributed by atoms with Gasteiger partial charge in [0, 0.05) is 33.4 Å². The molecule has 1 aliphatic carbocycles. The van der Waals surface area contributed by atoms with E-state index < -0.39 is 0 Å². The fraction of sp³-hybridized carbons (Fsp3) is 0.875. The number of carbonyl (C=O) groups excluding carboxylic acids is 1. The van der Waals surface area contributed by atoms with Gasteiger partial charge in [0.15, 0.2) is 5.96 Å². The number of likely N-dealkylation sites (N-methyl/N-ethyl adjacent to an activating group) is 1. The van der Waals surface area contributed by atoms with Gasteiger partial charge in [-0.3, -0.25) is 4.79 Å². The number of nitrogens with one attached hydrogen (secondary N) is 3. The predicted octanol–water partition coefficient (Wildman–Crippen LogP) is 1.27. The molecule has 1 saturated carbocycles. The number of ether oxygens (including phenoxy) is 1. The van der Waals surface area contributed by atoms with Crippen LogP contribution in [0.5, 0.6) is 0 Å². The Morgan fingerprint density at radius 1 is 1.14 bits per heavy atom. The Balaban J connectivity index is 2.53.